The highest BCUT2D eigenvalue weighted by Crippen LogP contribution is 1.95. The summed E-state index contributed by atoms with van der Waals surface area (Å²) >= 11 is 0. The molecule has 0 saturated carbocycles. The van der Waals surface area contributed by atoms with Crippen molar-refractivity contribution < 1.29 is 4.79 Å². The molecule has 1 rings (SSSR count). The van der Waals surface area contributed by atoms with Gasteiger partial charge in [-0.25, -0.2) is 0 Å². The van der Waals surface area contributed by atoms with Crippen molar-refractivity contribution in [1.29, 1.82) is 0 Å². The minimum Gasteiger partial charge on any atom is -0.355 e. The van der Waals surface area contributed by atoms with E-state index < -0.39 is 0 Å². The zero-order valence-corrected chi connectivity index (χ0v) is 13.7. The molecule has 1 aromatic rings. The summed E-state index contributed by atoms with van der Waals surface area (Å²) in [6.45, 7) is 12.6. The molecule has 1 aromatic heterocycles. The second-order valence-corrected chi connectivity index (χ2v) is 3.64. The number of pyridine rings is 1. The zero-order chi connectivity index (χ0) is 15.6. The van der Waals surface area contributed by atoms with Crippen molar-refractivity contribution >= 4 is 5.91 Å². The van der Waals surface area contributed by atoms with Gasteiger partial charge in [-0.05, 0) is 24.6 Å². The number of aromatic nitrogens is 1. The fourth-order valence-corrected chi connectivity index (χ4v) is 1.34. The van der Waals surface area contributed by atoms with Crippen LogP contribution in [0.3, 0.4) is 0 Å². The molecule has 0 saturated heterocycles. The van der Waals surface area contributed by atoms with Crippen LogP contribution >= 0.6 is 0 Å². The molecule has 2 N–H and O–H groups in total. The summed E-state index contributed by atoms with van der Waals surface area (Å²) in [4.78, 5) is 15.4. The van der Waals surface area contributed by atoms with Crippen LogP contribution in [0.5, 0.6) is 0 Å². The summed E-state index contributed by atoms with van der Waals surface area (Å²) in [5.74, 6) is 0.0475. The van der Waals surface area contributed by atoms with Crippen LogP contribution in [0.25, 0.3) is 0 Å². The van der Waals surface area contributed by atoms with Gasteiger partial charge in [-0.3, -0.25) is 9.78 Å². The maximum atomic E-state index is 11.5. The van der Waals surface area contributed by atoms with Crippen molar-refractivity contribution in [2.75, 3.05) is 19.6 Å². The summed E-state index contributed by atoms with van der Waals surface area (Å²) in [7, 11) is 0. The average Bonchev–Trinajstić information content (AvgIpc) is 2.52. The van der Waals surface area contributed by atoms with E-state index in [1.54, 1.807) is 12.4 Å². The maximum absolute atomic E-state index is 11.5. The van der Waals surface area contributed by atoms with E-state index >= 15 is 0 Å². The summed E-state index contributed by atoms with van der Waals surface area (Å²) in [6, 6.07) is 3.74. The minimum absolute atomic E-state index is 0.0475. The third-order valence-electron chi connectivity index (χ3n) is 2.14. The predicted molar refractivity (Wildman–Crippen MR) is 86.8 cm³/mol. The second kappa shape index (κ2) is 17.6. The fraction of sp³-hybridized carbons (Fsp3) is 0.625. The summed E-state index contributed by atoms with van der Waals surface area (Å²) in [5.41, 5.74) is 0.946. The Morgan fingerprint density at radius 1 is 1.15 bits per heavy atom. The van der Waals surface area contributed by atoms with Crippen LogP contribution < -0.4 is 10.6 Å². The lowest BCUT2D eigenvalue weighted by Gasteiger charge is -2.05. The Balaban J connectivity index is 0. The van der Waals surface area contributed by atoms with Crippen LogP contribution in [-0.2, 0) is 11.2 Å². The molecule has 4 nitrogen and oxygen atoms in total. The van der Waals surface area contributed by atoms with Gasteiger partial charge >= 0.3 is 0 Å². The molecule has 0 atom stereocenters. The second-order valence-electron chi connectivity index (χ2n) is 3.64. The molecular weight excluding hydrogens is 250 g/mol. The smallest absolute Gasteiger partial charge is 0.224 e. The molecular formula is C16H31N3O. The first-order valence-corrected chi connectivity index (χ1v) is 7.69. The van der Waals surface area contributed by atoms with E-state index in [4.69, 9.17) is 0 Å². The number of nitrogens with one attached hydrogen (secondary N) is 2. The molecule has 0 aliphatic rings. The SMILES string of the molecule is CC.CC.CCCNCCNC(=O)Cc1cccnc1. The van der Waals surface area contributed by atoms with Gasteiger partial charge in [0.25, 0.3) is 0 Å². The first kappa shape index (κ1) is 20.9. The number of rotatable bonds is 7. The summed E-state index contributed by atoms with van der Waals surface area (Å²) in [5, 5.41) is 6.09. The van der Waals surface area contributed by atoms with Crippen LogP contribution in [0.2, 0.25) is 0 Å². The molecule has 0 aliphatic heterocycles. The Hall–Kier alpha value is -1.42. The molecule has 0 fully saturated rings. The number of hydrogen-bond acceptors (Lipinski definition) is 3. The van der Waals surface area contributed by atoms with Crippen LogP contribution in [0.4, 0.5) is 0 Å². The molecule has 0 spiro atoms. The van der Waals surface area contributed by atoms with Gasteiger partial charge in [-0.15, -0.1) is 0 Å². The van der Waals surface area contributed by atoms with E-state index in [1.807, 2.05) is 39.8 Å². The van der Waals surface area contributed by atoms with Gasteiger partial charge < -0.3 is 10.6 Å². The van der Waals surface area contributed by atoms with Gasteiger partial charge in [-0.2, -0.15) is 0 Å². The summed E-state index contributed by atoms with van der Waals surface area (Å²) < 4.78 is 0. The Morgan fingerprint density at radius 2 is 1.85 bits per heavy atom. The third kappa shape index (κ3) is 13.0. The molecule has 4 heteroatoms. The average molecular weight is 281 g/mol. The van der Waals surface area contributed by atoms with Crippen molar-refractivity contribution in [3.8, 4) is 0 Å². The predicted octanol–water partition coefficient (Wildman–Crippen LogP) is 2.79. The molecule has 0 unspecified atom stereocenters. The summed E-state index contributed by atoms with van der Waals surface area (Å²) in [6.07, 6.45) is 4.94. The highest BCUT2D eigenvalue weighted by molar-refractivity contribution is 5.78. The number of carbonyl (C=O) groups is 1. The van der Waals surface area contributed by atoms with E-state index in [0.717, 1.165) is 25.1 Å². The monoisotopic (exact) mass is 281 g/mol. The fourth-order valence-electron chi connectivity index (χ4n) is 1.34. The third-order valence-corrected chi connectivity index (χ3v) is 2.14. The number of hydrogen-bond donors (Lipinski definition) is 2. The van der Waals surface area contributed by atoms with E-state index in [9.17, 15) is 4.79 Å². The highest BCUT2D eigenvalue weighted by Gasteiger charge is 2.01. The van der Waals surface area contributed by atoms with Gasteiger partial charge in [0, 0.05) is 25.5 Å². The van der Waals surface area contributed by atoms with Crippen molar-refractivity contribution in [2.24, 2.45) is 0 Å². The zero-order valence-electron chi connectivity index (χ0n) is 13.7. The van der Waals surface area contributed by atoms with Crippen LogP contribution in [-0.4, -0.2) is 30.5 Å². The lowest BCUT2D eigenvalue weighted by Crippen LogP contribution is -2.33. The van der Waals surface area contributed by atoms with E-state index in [0.29, 0.717) is 13.0 Å². The van der Waals surface area contributed by atoms with Crippen LogP contribution in [0, 0.1) is 0 Å². The van der Waals surface area contributed by atoms with E-state index in [-0.39, 0.29) is 5.91 Å². The number of nitrogens with zero attached hydrogens (tertiary/aromatic N) is 1. The Labute approximate surface area is 124 Å². The minimum atomic E-state index is 0.0475. The van der Waals surface area contributed by atoms with Gasteiger partial charge in [-0.1, -0.05) is 40.7 Å². The lowest BCUT2D eigenvalue weighted by molar-refractivity contribution is -0.120. The molecule has 0 bridgehead atoms. The molecule has 116 valence electrons. The largest absolute Gasteiger partial charge is 0.355 e. The first-order valence-electron chi connectivity index (χ1n) is 7.69. The molecule has 1 heterocycles. The van der Waals surface area contributed by atoms with Crippen molar-refractivity contribution in [3.05, 3.63) is 30.1 Å². The molecule has 0 aromatic carbocycles. The molecule has 0 radical (unpaired) electrons. The van der Waals surface area contributed by atoms with Crippen molar-refractivity contribution in [2.45, 2.75) is 47.5 Å². The molecule has 20 heavy (non-hydrogen) atoms. The maximum Gasteiger partial charge on any atom is 0.224 e. The Kier molecular flexibility index (Phi) is 18.4. The van der Waals surface area contributed by atoms with Crippen LogP contribution in [0.15, 0.2) is 24.5 Å². The Bertz CT molecular complexity index is 302. The first-order chi connectivity index (χ1) is 9.83. The van der Waals surface area contributed by atoms with Crippen molar-refractivity contribution in [1.82, 2.24) is 15.6 Å². The van der Waals surface area contributed by atoms with E-state index in [1.165, 1.54) is 0 Å². The van der Waals surface area contributed by atoms with Crippen LogP contribution in [0.1, 0.15) is 46.6 Å². The lowest BCUT2D eigenvalue weighted by atomic mass is 10.2. The van der Waals surface area contributed by atoms with Crippen molar-refractivity contribution in [3.63, 3.8) is 0 Å². The van der Waals surface area contributed by atoms with E-state index in [2.05, 4.69) is 22.5 Å². The normalized spacial score (nSPS) is 8.65. The van der Waals surface area contributed by atoms with Gasteiger partial charge in [0.1, 0.15) is 0 Å². The quantitative estimate of drug-likeness (QED) is 0.756. The van der Waals surface area contributed by atoms with Gasteiger partial charge in [0.05, 0.1) is 6.42 Å². The highest BCUT2D eigenvalue weighted by atomic mass is 16.1. The Morgan fingerprint density at radius 3 is 2.40 bits per heavy atom. The van der Waals surface area contributed by atoms with Gasteiger partial charge in [0.15, 0.2) is 0 Å². The molecule has 0 aliphatic carbocycles. The number of amides is 1. The van der Waals surface area contributed by atoms with Gasteiger partial charge in [0.2, 0.25) is 5.91 Å². The topological polar surface area (TPSA) is 54.0 Å². The molecule has 1 amide bonds. The standard InChI is InChI=1S/C12H19N3O.2C2H6/c1-2-5-13-7-8-15-12(16)9-11-4-3-6-14-10-11;2*1-2/h3-4,6,10,13H,2,5,7-9H2,1H3,(H,15,16);2*1-2H3. The number of carbonyl (C=O) groups excluding carboxylic acids is 1.